The lowest BCUT2D eigenvalue weighted by Gasteiger charge is -2.24. The Morgan fingerprint density at radius 1 is 1.32 bits per heavy atom. The van der Waals surface area contributed by atoms with Crippen molar-refractivity contribution >= 4 is 22.7 Å². The second-order valence-corrected chi connectivity index (χ2v) is 4.49. The van der Waals surface area contributed by atoms with Crippen LogP contribution in [0.1, 0.15) is 13.8 Å². The number of rotatable bonds is 4. The lowest BCUT2D eigenvalue weighted by Crippen LogP contribution is -2.29. The molecule has 1 atom stereocenters. The van der Waals surface area contributed by atoms with Crippen molar-refractivity contribution < 1.29 is 0 Å². The summed E-state index contributed by atoms with van der Waals surface area (Å²) in [4.78, 5) is 10.9. The van der Waals surface area contributed by atoms with Crippen molar-refractivity contribution in [2.45, 2.75) is 13.8 Å². The zero-order valence-corrected chi connectivity index (χ0v) is 11.2. The van der Waals surface area contributed by atoms with Crippen LogP contribution in [0, 0.1) is 17.2 Å². The first-order chi connectivity index (χ1) is 9.15. The first-order valence-electron chi connectivity index (χ1n) is 6.32. The summed E-state index contributed by atoms with van der Waals surface area (Å²) in [7, 11) is 0. The monoisotopic (exact) mass is 255 g/mol. The number of hydrogen-bond donors (Lipinski definition) is 1. The summed E-state index contributed by atoms with van der Waals surface area (Å²) in [5.74, 6) is 0.988. The third-order valence-corrected chi connectivity index (χ3v) is 2.97. The van der Waals surface area contributed by atoms with E-state index in [2.05, 4.69) is 16.0 Å². The van der Waals surface area contributed by atoms with E-state index in [1.54, 1.807) is 0 Å². The fourth-order valence-corrected chi connectivity index (χ4v) is 1.97. The molecule has 0 saturated carbocycles. The Kier molecular flexibility index (Phi) is 3.81. The predicted molar refractivity (Wildman–Crippen MR) is 76.6 cm³/mol. The molecular weight excluding hydrogens is 238 g/mol. The van der Waals surface area contributed by atoms with E-state index in [0.717, 1.165) is 17.6 Å². The van der Waals surface area contributed by atoms with Crippen molar-refractivity contribution in [2.24, 2.45) is 5.92 Å². The summed E-state index contributed by atoms with van der Waals surface area (Å²) in [5.41, 5.74) is 7.58. The SMILES string of the molecule is CCN(CC(C)C#N)c1nc2ccccc2nc1N. The number of nitrogen functional groups attached to an aromatic ring is 1. The molecule has 0 saturated heterocycles. The van der Waals surface area contributed by atoms with Crippen LogP contribution in [0.15, 0.2) is 24.3 Å². The van der Waals surface area contributed by atoms with E-state index in [-0.39, 0.29) is 5.92 Å². The first-order valence-corrected chi connectivity index (χ1v) is 6.32. The van der Waals surface area contributed by atoms with Crippen LogP contribution in [0.5, 0.6) is 0 Å². The molecule has 98 valence electrons. The van der Waals surface area contributed by atoms with Crippen LogP contribution >= 0.6 is 0 Å². The van der Waals surface area contributed by atoms with Gasteiger partial charge in [0.05, 0.1) is 23.0 Å². The number of anilines is 2. The topological polar surface area (TPSA) is 78.8 Å². The van der Waals surface area contributed by atoms with Crippen molar-refractivity contribution in [1.29, 1.82) is 5.26 Å². The van der Waals surface area contributed by atoms with Crippen LogP contribution < -0.4 is 10.6 Å². The van der Waals surface area contributed by atoms with Crippen molar-refractivity contribution in [2.75, 3.05) is 23.7 Å². The number of benzene rings is 1. The molecule has 1 aromatic carbocycles. The second kappa shape index (κ2) is 5.53. The van der Waals surface area contributed by atoms with Crippen LogP contribution in [-0.4, -0.2) is 23.1 Å². The molecule has 19 heavy (non-hydrogen) atoms. The number of aromatic nitrogens is 2. The van der Waals surface area contributed by atoms with Crippen LogP contribution in [0.3, 0.4) is 0 Å². The van der Waals surface area contributed by atoms with Gasteiger partial charge in [0.1, 0.15) is 0 Å². The number of nitrogens with zero attached hydrogens (tertiary/aromatic N) is 4. The minimum atomic E-state index is -0.0763. The smallest absolute Gasteiger partial charge is 0.172 e. The second-order valence-electron chi connectivity index (χ2n) is 4.49. The molecule has 0 amide bonds. The minimum absolute atomic E-state index is 0.0763. The molecule has 0 aliphatic rings. The molecule has 0 fully saturated rings. The van der Waals surface area contributed by atoms with E-state index >= 15 is 0 Å². The highest BCUT2D eigenvalue weighted by Gasteiger charge is 2.15. The molecule has 5 heteroatoms. The summed E-state index contributed by atoms with van der Waals surface area (Å²) in [5, 5.41) is 8.92. The van der Waals surface area contributed by atoms with Gasteiger partial charge in [-0.3, -0.25) is 0 Å². The van der Waals surface area contributed by atoms with E-state index in [9.17, 15) is 0 Å². The lowest BCUT2D eigenvalue weighted by molar-refractivity contribution is 0.680. The van der Waals surface area contributed by atoms with E-state index in [1.165, 1.54) is 0 Å². The first kappa shape index (κ1) is 13.1. The van der Waals surface area contributed by atoms with Gasteiger partial charge in [-0.2, -0.15) is 5.26 Å². The van der Waals surface area contributed by atoms with Gasteiger partial charge in [-0.25, -0.2) is 9.97 Å². The van der Waals surface area contributed by atoms with Gasteiger partial charge in [0.2, 0.25) is 0 Å². The molecule has 2 aromatic rings. The molecule has 0 aliphatic carbocycles. The highest BCUT2D eigenvalue weighted by atomic mass is 15.2. The Bertz CT molecular complexity index is 617. The van der Waals surface area contributed by atoms with Crippen molar-refractivity contribution in [3.05, 3.63) is 24.3 Å². The third kappa shape index (κ3) is 2.74. The molecule has 0 spiro atoms. The fraction of sp³-hybridized carbons (Fsp3) is 0.357. The molecule has 0 aliphatic heterocycles. The van der Waals surface area contributed by atoms with Crippen LogP contribution in [-0.2, 0) is 0 Å². The Morgan fingerprint density at radius 3 is 2.53 bits per heavy atom. The highest BCUT2D eigenvalue weighted by Crippen LogP contribution is 2.22. The van der Waals surface area contributed by atoms with Gasteiger partial charge < -0.3 is 10.6 Å². The summed E-state index contributed by atoms with van der Waals surface area (Å²) in [6, 6.07) is 9.85. The molecule has 2 N–H and O–H groups in total. The normalized spacial score (nSPS) is 12.1. The predicted octanol–water partition coefficient (Wildman–Crippen LogP) is 2.20. The molecule has 1 unspecified atom stereocenters. The van der Waals surface area contributed by atoms with Crippen molar-refractivity contribution in [1.82, 2.24) is 9.97 Å². The summed E-state index contributed by atoms with van der Waals surface area (Å²) < 4.78 is 0. The number of nitriles is 1. The number of nitrogens with two attached hydrogens (primary N) is 1. The summed E-state index contributed by atoms with van der Waals surface area (Å²) >= 11 is 0. The van der Waals surface area contributed by atoms with Crippen molar-refractivity contribution in [3.8, 4) is 6.07 Å². The van der Waals surface area contributed by atoms with E-state index in [0.29, 0.717) is 18.2 Å². The quantitative estimate of drug-likeness (QED) is 0.906. The summed E-state index contributed by atoms with van der Waals surface area (Å²) in [6.45, 7) is 5.24. The number of hydrogen-bond acceptors (Lipinski definition) is 5. The maximum absolute atomic E-state index is 8.92. The standard InChI is InChI=1S/C14H17N5/c1-3-19(9-10(2)8-15)14-13(16)17-11-6-4-5-7-12(11)18-14/h4-7,10H,3,9H2,1-2H3,(H2,16,17). The van der Waals surface area contributed by atoms with E-state index in [4.69, 9.17) is 11.0 Å². The Morgan fingerprint density at radius 2 is 1.95 bits per heavy atom. The molecule has 0 bridgehead atoms. The van der Waals surface area contributed by atoms with Gasteiger partial charge in [-0.15, -0.1) is 0 Å². The third-order valence-electron chi connectivity index (χ3n) is 2.97. The zero-order chi connectivity index (χ0) is 13.8. The lowest BCUT2D eigenvalue weighted by atomic mass is 10.2. The van der Waals surface area contributed by atoms with E-state index < -0.39 is 0 Å². The molecule has 5 nitrogen and oxygen atoms in total. The maximum Gasteiger partial charge on any atom is 0.172 e. The maximum atomic E-state index is 8.92. The minimum Gasteiger partial charge on any atom is -0.381 e. The van der Waals surface area contributed by atoms with Gasteiger partial charge in [-0.05, 0) is 26.0 Å². The Hall–Kier alpha value is -2.35. The molecule has 1 aromatic heterocycles. The van der Waals surface area contributed by atoms with Gasteiger partial charge in [0, 0.05) is 13.1 Å². The Labute approximate surface area is 112 Å². The Balaban J connectivity index is 2.42. The zero-order valence-electron chi connectivity index (χ0n) is 11.2. The largest absolute Gasteiger partial charge is 0.381 e. The summed E-state index contributed by atoms with van der Waals surface area (Å²) in [6.07, 6.45) is 0. The molecule has 0 radical (unpaired) electrons. The fourth-order valence-electron chi connectivity index (χ4n) is 1.97. The number of para-hydroxylation sites is 2. The van der Waals surface area contributed by atoms with Gasteiger partial charge in [0.15, 0.2) is 11.6 Å². The van der Waals surface area contributed by atoms with Gasteiger partial charge in [-0.1, -0.05) is 12.1 Å². The number of fused-ring (bicyclic) bond motifs is 1. The van der Waals surface area contributed by atoms with Crippen LogP contribution in [0.4, 0.5) is 11.6 Å². The average Bonchev–Trinajstić information content (AvgIpc) is 2.44. The molecular formula is C14H17N5. The van der Waals surface area contributed by atoms with Crippen LogP contribution in [0.2, 0.25) is 0 Å². The van der Waals surface area contributed by atoms with Gasteiger partial charge in [0.25, 0.3) is 0 Å². The highest BCUT2D eigenvalue weighted by molar-refractivity contribution is 5.79. The molecule has 1 heterocycles. The van der Waals surface area contributed by atoms with Crippen molar-refractivity contribution in [3.63, 3.8) is 0 Å². The van der Waals surface area contributed by atoms with E-state index in [1.807, 2.05) is 43.0 Å². The van der Waals surface area contributed by atoms with Crippen LogP contribution in [0.25, 0.3) is 11.0 Å². The average molecular weight is 255 g/mol. The molecule has 2 rings (SSSR count). The van der Waals surface area contributed by atoms with Gasteiger partial charge >= 0.3 is 0 Å².